The molecule has 1 atom stereocenters. The van der Waals surface area contributed by atoms with Gasteiger partial charge in [-0.2, -0.15) is 0 Å². The summed E-state index contributed by atoms with van der Waals surface area (Å²) in [4.78, 5) is 13.6. The molecule has 1 N–H and O–H groups in total. The number of hydrogen-bond donors (Lipinski definition) is 1. The Morgan fingerprint density at radius 1 is 1.12 bits per heavy atom. The topological polar surface area (TPSA) is 66.5 Å². The van der Waals surface area contributed by atoms with E-state index in [1.54, 1.807) is 12.1 Å². The van der Waals surface area contributed by atoms with Gasteiger partial charge >= 0.3 is 0 Å². The zero-order chi connectivity index (χ0) is 19.3. The molecule has 26 heavy (non-hydrogen) atoms. The Bertz CT molecular complexity index is 859. The number of sulfonamides is 1. The lowest BCUT2D eigenvalue weighted by atomic mass is 10.0. The van der Waals surface area contributed by atoms with Gasteiger partial charge in [0.15, 0.2) is 5.78 Å². The van der Waals surface area contributed by atoms with Gasteiger partial charge in [0.2, 0.25) is 10.0 Å². The predicted molar refractivity (Wildman–Crippen MR) is 104 cm³/mol. The number of carbonyl (C=O) groups excluding carboxylic acids is 1. The van der Waals surface area contributed by atoms with Crippen molar-refractivity contribution in [3.63, 3.8) is 0 Å². The number of likely N-dealkylation sites (N-methyl/N-ethyl adjacent to an activating group) is 1. The Labute approximate surface area is 156 Å². The van der Waals surface area contributed by atoms with E-state index in [0.29, 0.717) is 5.56 Å². The summed E-state index contributed by atoms with van der Waals surface area (Å²) in [6.45, 7) is 3.76. The van der Waals surface area contributed by atoms with Crippen LogP contribution in [0, 0.1) is 0 Å². The molecule has 0 fully saturated rings. The zero-order valence-corrected chi connectivity index (χ0v) is 16.5. The standard InChI is InChI=1S/C20H26N2O3S/c1-5-16-9-11-17(12-10-16)20(22(3)4)14-21-26(24,25)19-8-6-7-18(13-19)15(2)23/h6-13,20-21H,5,14H2,1-4H3. The van der Waals surface area contributed by atoms with Crippen molar-refractivity contribution in [1.82, 2.24) is 9.62 Å². The highest BCUT2D eigenvalue weighted by Crippen LogP contribution is 2.20. The Balaban J connectivity index is 2.19. The summed E-state index contributed by atoms with van der Waals surface area (Å²) in [5.41, 5.74) is 2.67. The summed E-state index contributed by atoms with van der Waals surface area (Å²) >= 11 is 0. The van der Waals surface area contributed by atoms with E-state index in [1.807, 2.05) is 31.1 Å². The largest absolute Gasteiger partial charge is 0.301 e. The highest BCUT2D eigenvalue weighted by atomic mass is 32.2. The third kappa shape index (κ3) is 5.00. The van der Waals surface area contributed by atoms with Crippen LogP contribution in [0.1, 0.15) is 41.4 Å². The molecular weight excluding hydrogens is 348 g/mol. The van der Waals surface area contributed by atoms with Crippen molar-refractivity contribution < 1.29 is 13.2 Å². The SMILES string of the molecule is CCc1ccc(C(CNS(=O)(=O)c2cccc(C(C)=O)c2)N(C)C)cc1. The van der Waals surface area contributed by atoms with Gasteiger partial charge < -0.3 is 4.90 Å². The average molecular weight is 375 g/mol. The average Bonchev–Trinajstić information content (AvgIpc) is 2.62. The van der Waals surface area contributed by atoms with Crippen molar-refractivity contribution in [2.24, 2.45) is 0 Å². The van der Waals surface area contributed by atoms with Crippen LogP contribution in [0.15, 0.2) is 53.4 Å². The van der Waals surface area contributed by atoms with E-state index in [-0.39, 0.29) is 23.3 Å². The maximum absolute atomic E-state index is 12.6. The highest BCUT2D eigenvalue weighted by Gasteiger charge is 2.20. The Morgan fingerprint density at radius 2 is 1.77 bits per heavy atom. The van der Waals surface area contributed by atoms with Gasteiger partial charge in [0.1, 0.15) is 0 Å². The summed E-state index contributed by atoms with van der Waals surface area (Å²) < 4.78 is 27.9. The zero-order valence-electron chi connectivity index (χ0n) is 15.7. The molecule has 0 radical (unpaired) electrons. The van der Waals surface area contributed by atoms with Gasteiger partial charge in [-0.15, -0.1) is 0 Å². The van der Waals surface area contributed by atoms with E-state index in [2.05, 4.69) is 23.8 Å². The Hall–Kier alpha value is -2.02. The number of hydrogen-bond acceptors (Lipinski definition) is 4. The van der Waals surface area contributed by atoms with Crippen LogP contribution in [0.2, 0.25) is 0 Å². The molecule has 1 unspecified atom stereocenters. The molecule has 0 saturated carbocycles. The summed E-state index contributed by atoms with van der Waals surface area (Å²) in [7, 11) is 0.145. The number of ketones is 1. The van der Waals surface area contributed by atoms with E-state index in [1.165, 1.54) is 24.6 Å². The lowest BCUT2D eigenvalue weighted by molar-refractivity contribution is 0.101. The third-order valence-electron chi connectivity index (χ3n) is 4.41. The smallest absolute Gasteiger partial charge is 0.240 e. The second-order valence-corrected chi connectivity index (χ2v) is 8.28. The second-order valence-electron chi connectivity index (χ2n) is 6.51. The van der Waals surface area contributed by atoms with E-state index >= 15 is 0 Å². The van der Waals surface area contributed by atoms with Crippen molar-refractivity contribution >= 4 is 15.8 Å². The highest BCUT2D eigenvalue weighted by molar-refractivity contribution is 7.89. The molecule has 0 bridgehead atoms. The van der Waals surface area contributed by atoms with Gasteiger partial charge in [0.25, 0.3) is 0 Å². The van der Waals surface area contributed by atoms with Crippen LogP contribution >= 0.6 is 0 Å². The molecule has 0 saturated heterocycles. The Morgan fingerprint density at radius 3 is 2.31 bits per heavy atom. The first-order valence-electron chi connectivity index (χ1n) is 8.60. The summed E-state index contributed by atoms with van der Waals surface area (Å²) in [5, 5.41) is 0. The van der Waals surface area contributed by atoms with Gasteiger partial charge in [-0.05, 0) is 50.7 Å². The number of aryl methyl sites for hydroxylation is 1. The second kappa shape index (κ2) is 8.58. The van der Waals surface area contributed by atoms with Gasteiger partial charge in [0, 0.05) is 18.2 Å². The minimum Gasteiger partial charge on any atom is -0.301 e. The van der Waals surface area contributed by atoms with E-state index in [0.717, 1.165) is 12.0 Å². The van der Waals surface area contributed by atoms with E-state index < -0.39 is 10.0 Å². The Kier molecular flexibility index (Phi) is 6.69. The molecule has 2 aromatic carbocycles. The van der Waals surface area contributed by atoms with Gasteiger partial charge in [-0.25, -0.2) is 13.1 Å². The van der Waals surface area contributed by atoms with Crippen molar-refractivity contribution in [1.29, 1.82) is 0 Å². The van der Waals surface area contributed by atoms with Crippen molar-refractivity contribution in [3.8, 4) is 0 Å². The van der Waals surface area contributed by atoms with Gasteiger partial charge in [-0.1, -0.05) is 43.3 Å². The molecule has 140 valence electrons. The summed E-state index contributed by atoms with van der Waals surface area (Å²) in [5.74, 6) is -0.163. The van der Waals surface area contributed by atoms with Crippen LogP contribution in [0.5, 0.6) is 0 Å². The summed E-state index contributed by atoms with van der Waals surface area (Å²) in [6, 6.07) is 14.2. The van der Waals surface area contributed by atoms with Gasteiger partial charge in [-0.3, -0.25) is 4.79 Å². The number of nitrogens with zero attached hydrogens (tertiary/aromatic N) is 1. The van der Waals surface area contributed by atoms with Crippen LogP contribution < -0.4 is 4.72 Å². The third-order valence-corrected chi connectivity index (χ3v) is 5.83. The monoisotopic (exact) mass is 374 g/mol. The molecule has 6 heteroatoms. The number of Topliss-reactive ketones (excluding diaryl/α,β-unsaturated/α-hetero) is 1. The molecule has 5 nitrogen and oxygen atoms in total. The van der Waals surface area contributed by atoms with Crippen molar-refractivity contribution in [2.45, 2.75) is 31.2 Å². The van der Waals surface area contributed by atoms with Crippen LogP contribution in [0.3, 0.4) is 0 Å². The normalized spacial score (nSPS) is 13.0. The lowest BCUT2D eigenvalue weighted by Gasteiger charge is -2.25. The van der Waals surface area contributed by atoms with Crippen LogP contribution in [0.25, 0.3) is 0 Å². The first-order valence-corrected chi connectivity index (χ1v) is 10.1. The maximum Gasteiger partial charge on any atom is 0.240 e. The number of nitrogens with one attached hydrogen (secondary N) is 1. The fourth-order valence-electron chi connectivity index (χ4n) is 2.73. The number of carbonyl (C=O) groups is 1. The number of benzene rings is 2. The molecule has 0 spiro atoms. The van der Waals surface area contributed by atoms with Crippen LogP contribution in [0.4, 0.5) is 0 Å². The molecule has 0 aliphatic heterocycles. The lowest BCUT2D eigenvalue weighted by Crippen LogP contribution is -2.34. The molecule has 0 aromatic heterocycles. The first-order chi connectivity index (χ1) is 12.2. The van der Waals surface area contributed by atoms with Crippen molar-refractivity contribution in [2.75, 3.05) is 20.6 Å². The number of rotatable bonds is 8. The molecule has 0 heterocycles. The molecular formula is C20H26N2O3S. The predicted octanol–water partition coefficient (Wildman–Crippen LogP) is 3.03. The van der Waals surface area contributed by atoms with E-state index in [4.69, 9.17) is 0 Å². The molecule has 0 aliphatic carbocycles. The van der Waals surface area contributed by atoms with Gasteiger partial charge in [0.05, 0.1) is 4.90 Å². The maximum atomic E-state index is 12.6. The van der Waals surface area contributed by atoms with Crippen LogP contribution in [-0.2, 0) is 16.4 Å². The fraction of sp³-hybridized carbons (Fsp3) is 0.350. The van der Waals surface area contributed by atoms with E-state index in [9.17, 15) is 13.2 Å². The van der Waals surface area contributed by atoms with Crippen LogP contribution in [-0.4, -0.2) is 39.7 Å². The molecule has 2 rings (SSSR count). The minimum absolute atomic E-state index is 0.0910. The minimum atomic E-state index is -3.69. The summed E-state index contributed by atoms with van der Waals surface area (Å²) in [6.07, 6.45) is 0.964. The molecule has 2 aromatic rings. The van der Waals surface area contributed by atoms with Crippen molar-refractivity contribution in [3.05, 3.63) is 65.2 Å². The quantitative estimate of drug-likeness (QED) is 0.721. The first kappa shape index (κ1) is 20.3. The molecule has 0 aliphatic rings. The molecule has 0 amide bonds. The fourth-order valence-corrected chi connectivity index (χ4v) is 3.81.